The largest absolute Gasteiger partial charge is 0.455 e. The predicted octanol–water partition coefficient (Wildman–Crippen LogP) is 6.25. The summed E-state index contributed by atoms with van der Waals surface area (Å²) >= 11 is 0. The number of ether oxygens (including phenoxy) is 2. The Balaban J connectivity index is 1.18. The van der Waals surface area contributed by atoms with Crippen LogP contribution in [0, 0.1) is 10.8 Å². The lowest BCUT2D eigenvalue weighted by Gasteiger charge is -2.39. The molecular weight excluding hydrogens is 464 g/mol. The van der Waals surface area contributed by atoms with Gasteiger partial charge in [0.05, 0.1) is 6.54 Å². The summed E-state index contributed by atoms with van der Waals surface area (Å²) < 4.78 is 17.3. The van der Waals surface area contributed by atoms with Crippen molar-refractivity contribution in [3.63, 3.8) is 0 Å². The van der Waals surface area contributed by atoms with Gasteiger partial charge in [0.15, 0.2) is 17.3 Å². The van der Waals surface area contributed by atoms with E-state index in [0.717, 1.165) is 61.7 Å². The van der Waals surface area contributed by atoms with Gasteiger partial charge in [0.2, 0.25) is 6.79 Å². The maximum Gasteiger partial charge on any atom is 0.289 e. The molecule has 6 heteroatoms. The molecule has 1 aromatic heterocycles. The van der Waals surface area contributed by atoms with Crippen molar-refractivity contribution in [3.05, 3.63) is 83.3 Å². The van der Waals surface area contributed by atoms with Crippen molar-refractivity contribution in [1.82, 2.24) is 9.80 Å². The fourth-order valence-electron chi connectivity index (χ4n) is 6.94. The third-order valence-corrected chi connectivity index (χ3v) is 8.02. The average Bonchev–Trinajstić information content (AvgIpc) is 3.56. The first-order valence-electron chi connectivity index (χ1n) is 13.3. The second kappa shape index (κ2) is 9.25. The lowest BCUT2D eigenvalue weighted by molar-refractivity contribution is 0.0672. The molecule has 0 radical (unpaired) electrons. The number of carbonyl (C=O) groups excluding carboxylic acids is 1. The highest BCUT2D eigenvalue weighted by Crippen LogP contribution is 2.52. The molecule has 2 atom stereocenters. The van der Waals surface area contributed by atoms with Gasteiger partial charge in [-0.25, -0.2) is 0 Å². The molecule has 37 heavy (non-hydrogen) atoms. The maximum absolute atomic E-state index is 13.5. The van der Waals surface area contributed by atoms with Crippen LogP contribution in [-0.4, -0.2) is 35.1 Å². The first-order chi connectivity index (χ1) is 17.8. The van der Waals surface area contributed by atoms with E-state index in [1.165, 1.54) is 5.56 Å². The van der Waals surface area contributed by atoms with E-state index < -0.39 is 0 Å². The molecule has 1 saturated carbocycles. The number of fused-ring (bicyclic) bond motifs is 3. The van der Waals surface area contributed by atoms with Crippen LogP contribution in [0.2, 0.25) is 0 Å². The van der Waals surface area contributed by atoms with Gasteiger partial charge in [-0.3, -0.25) is 9.69 Å². The summed E-state index contributed by atoms with van der Waals surface area (Å²) in [5.74, 6) is 2.86. The smallest absolute Gasteiger partial charge is 0.289 e. The van der Waals surface area contributed by atoms with Gasteiger partial charge in [0.1, 0.15) is 5.76 Å². The summed E-state index contributed by atoms with van der Waals surface area (Å²) in [4.78, 5) is 17.9. The van der Waals surface area contributed by atoms with Crippen LogP contribution in [0.15, 0.2) is 65.1 Å². The Kier molecular flexibility index (Phi) is 6.03. The Morgan fingerprint density at radius 2 is 1.70 bits per heavy atom. The highest BCUT2D eigenvalue weighted by atomic mass is 16.7. The summed E-state index contributed by atoms with van der Waals surface area (Å²) in [5.41, 5.74) is 2.84. The van der Waals surface area contributed by atoms with E-state index in [1.54, 1.807) is 0 Å². The van der Waals surface area contributed by atoms with E-state index >= 15 is 0 Å². The molecule has 2 unspecified atom stereocenters. The summed E-state index contributed by atoms with van der Waals surface area (Å²) in [6.07, 6.45) is 3.32. The molecule has 2 aliphatic heterocycles. The van der Waals surface area contributed by atoms with Gasteiger partial charge in [-0.2, -0.15) is 0 Å². The Morgan fingerprint density at radius 1 is 0.919 bits per heavy atom. The van der Waals surface area contributed by atoms with Crippen molar-refractivity contribution in [2.24, 2.45) is 10.8 Å². The molecule has 6 nitrogen and oxygen atoms in total. The number of furan rings is 1. The molecule has 1 aliphatic carbocycles. The zero-order chi connectivity index (χ0) is 25.6. The molecule has 3 aliphatic rings. The van der Waals surface area contributed by atoms with Crippen LogP contribution in [0.5, 0.6) is 11.5 Å². The van der Waals surface area contributed by atoms with Gasteiger partial charge in [0.25, 0.3) is 5.91 Å². The number of carbonyl (C=O) groups is 1. The van der Waals surface area contributed by atoms with Gasteiger partial charge in [-0.15, -0.1) is 0 Å². The molecule has 2 aromatic carbocycles. The molecule has 3 heterocycles. The number of nitrogens with zero attached hydrogens (tertiary/aromatic N) is 2. The monoisotopic (exact) mass is 500 g/mol. The van der Waals surface area contributed by atoms with E-state index in [9.17, 15) is 4.79 Å². The second-order valence-electron chi connectivity index (χ2n) is 12.2. The number of rotatable bonds is 7. The van der Waals surface area contributed by atoms with Gasteiger partial charge in [0, 0.05) is 25.7 Å². The van der Waals surface area contributed by atoms with Crippen molar-refractivity contribution in [1.29, 1.82) is 0 Å². The summed E-state index contributed by atoms with van der Waals surface area (Å²) in [7, 11) is 0. The average molecular weight is 501 g/mol. The molecule has 0 spiro atoms. The van der Waals surface area contributed by atoms with Gasteiger partial charge >= 0.3 is 0 Å². The van der Waals surface area contributed by atoms with Crippen LogP contribution in [0.25, 0.3) is 0 Å². The SMILES string of the molecule is CC1(C)CC2CC(C)(CN2C(=O)c2ccc(CN(Cc3ccccc3)Cc3ccc4c(c3)OCO4)o2)C1. The van der Waals surface area contributed by atoms with Gasteiger partial charge in [-0.1, -0.05) is 57.2 Å². The van der Waals surface area contributed by atoms with Crippen LogP contribution in [0.1, 0.15) is 67.5 Å². The predicted molar refractivity (Wildman–Crippen MR) is 141 cm³/mol. The number of hydrogen-bond donors (Lipinski definition) is 0. The van der Waals surface area contributed by atoms with E-state index in [1.807, 2.05) is 30.3 Å². The first-order valence-corrected chi connectivity index (χ1v) is 13.3. The van der Waals surface area contributed by atoms with Crippen LogP contribution in [0.4, 0.5) is 0 Å². The zero-order valence-corrected chi connectivity index (χ0v) is 22.0. The van der Waals surface area contributed by atoms with Crippen molar-refractivity contribution in [3.8, 4) is 11.5 Å². The fraction of sp³-hybridized carbons (Fsp3) is 0.452. The molecule has 194 valence electrons. The van der Waals surface area contributed by atoms with Crippen LogP contribution < -0.4 is 9.47 Å². The van der Waals surface area contributed by atoms with E-state index in [2.05, 4.69) is 60.9 Å². The molecule has 1 amide bonds. The van der Waals surface area contributed by atoms with Gasteiger partial charge < -0.3 is 18.8 Å². The molecule has 1 saturated heterocycles. The molecule has 2 fully saturated rings. The molecule has 2 bridgehead atoms. The zero-order valence-electron chi connectivity index (χ0n) is 22.0. The number of amides is 1. The summed E-state index contributed by atoms with van der Waals surface area (Å²) in [6.45, 7) is 10.2. The third kappa shape index (κ3) is 5.12. The lowest BCUT2D eigenvalue weighted by atomic mass is 9.65. The molecular formula is C31H36N2O4. The number of hydrogen-bond acceptors (Lipinski definition) is 5. The molecule has 6 rings (SSSR count). The highest BCUT2D eigenvalue weighted by Gasteiger charge is 2.51. The highest BCUT2D eigenvalue weighted by molar-refractivity contribution is 5.92. The van der Waals surface area contributed by atoms with Gasteiger partial charge in [-0.05, 0) is 65.5 Å². The van der Waals surface area contributed by atoms with Crippen molar-refractivity contribution < 1.29 is 18.7 Å². The minimum atomic E-state index is 0.0306. The topological polar surface area (TPSA) is 55.2 Å². The Hall–Kier alpha value is -3.25. The van der Waals surface area contributed by atoms with E-state index in [-0.39, 0.29) is 23.5 Å². The van der Waals surface area contributed by atoms with Crippen molar-refractivity contribution in [2.75, 3.05) is 13.3 Å². The quantitative estimate of drug-likeness (QED) is 0.384. The van der Waals surface area contributed by atoms with Crippen LogP contribution in [0.3, 0.4) is 0 Å². The van der Waals surface area contributed by atoms with E-state index in [4.69, 9.17) is 13.9 Å². The standard InChI is InChI=1S/C31H36N2O4/c1-30(2)14-24-15-31(3,19-30)20-33(24)29(34)27-12-10-25(37-27)18-32(16-22-7-5-4-6-8-22)17-23-9-11-26-28(13-23)36-21-35-26/h4-13,24H,14-21H2,1-3H3. The second-order valence-corrected chi connectivity index (χ2v) is 12.2. The van der Waals surface area contributed by atoms with Crippen LogP contribution in [-0.2, 0) is 19.6 Å². The Bertz CT molecular complexity index is 1280. The number of benzene rings is 2. The van der Waals surface area contributed by atoms with Crippen LogP contribution >= 0.6 is 0 Å². The Labute approximate surface area is 219 Å². The fourth-order valence-corrected chi connectivity index (χ4v) is 6.94. The minimum absolute atomic E-state index is 0.0306. The normalized spacial score (nSPS) is 23.6. The molecule has 0 N–H and O–H groups in total. The minimum Gasteiger partial charge on any atom is -0.455 e. The van der Waals surface area contributed by atoms with E-state index in [0.29, 0.717) is 18.3 Å². The lowest BCUT2D eigenvalue weighted by Crippen LogP contribution is -2.37. The number of likely N-dealkylation sites (tertiary alicyclic amines) is 1. The maximum atomic E-state index is 13.5. The van der Waals surface area contributed by atoms with Crippen molar-refractivity contribution >= 4 is 5.91 Å². The Morgan fingerprint density at radius 3 is 2.54 bits per heavy atom. The van der Waals surface area contributed by atoms with Crippen molar-refractivity contribution in [2.45, 2.75) is 65.7 Å². The third-order valence-electron chi connectivity index (χ3n) is 8.02. The molecule has 3 aromatic rings. The first kappa shape index (κ1) is 24.1. The summed E-state index contributed by atoms with van der Waals surface area (Å²) in [6, 6.07) is 20.6. The summed E-state index contributed by atoms with van der Waals surface area (Å²) in [5, 5.41) is 0.